The van der Waals surface area contributed by atoms with E-state index >= 15 is 0 Å². The Bertz CT molecular complexity index is 506. The second-order valence-electron chi connectivity index (χ2n) is 3.40. The summed E-state index contributed by atoms with van der Waals surface area (Å²) in [5.74, 6) is 0. The molecule has 0 aliphatic heterocycles. The van der Waals surface area contributed by atoms with Crippen molar-refractivity contribution < 1.29 is 0 Å². The Morgan fingerprint density at radius 1 is 1.12 bits per heavy atom. The van der Waals surface area contributed by atoms with Gasteiger partial charge in [-0.25, -0.2) is 0 Å². The minimum absolute atomic E-state index is 0.869. The standard InChI is InChI=1S/C13H12N2S/c1-10(11-6-4-5-9-14-11)15-12-7-2-3-8-13(12)16/h2-9,16H,1H3. The normalized spacial score (nSPS) is 11.5. The second kappa shape index (κ2) is 4.94. The van der Waals surface area contributed by atoms with Gasteiger partial charge in [0.1, 0.15) is 0 Å². The van der Waals surface area contributed by atoms with Crippen molar-refractivity contribution in [3.05, 3.63) is 54.4 Å². The van der Waals surface area contributed by atoms with Crippen molar-refractivity contribution >= 4 is 24.0 Å². The van der Waals surface area contributed by atoms with Crippen LogP contribution in [0.2, 0.25) is 0 Å². The molecular weight excluding hydrogens is 216 g/mol. The molecule has 1 heterocycles. The second-order valence-corrected chi connectivity index (χ2v) is 3.88. The van der Waals surface area contributed by atoms with Crippen LogP contribution in [0.25, 0.3) is 0 Å². The first kappa shape index (κ1) is 10.9. The van der Waals surface area contributed by atoms with E-state index in [4.69, 9.17) is 0 Å². The van der Waals surface area contributed by atoms with E-state index in [1.807, 2.05) is 49.4 Å². The molecule has 0 fully saturated rings. The highest BCUT2D eigenvalue weighted by atomic mass is 32.1. The highest BCUT2D eigenvalue weighted by molar-refractivity contribution is 7.80. The van der Waals surface area contributed by atoms with Gasteiger partial charge < -0.3 is 0 Å². The van der Waals surface area contributed by atoms with Crippen molar-refractivity contribution in [2.75, 3.05) is 0 Å². The van der Waals surface area contributed by atoms with Crippen molar-refractivity contribution in [3.8, 4) is 0 Å². The zero-order valence-electron chi connectivity index (χ0n) is 8.96. The molecule has 2 rings (SSSR count). The number of thiol groups is 1. The van der Waals surface area contributed by atoms with Crippen LogP contribution in [0.3, 0.4) is 0 Å². The molecule has 0 saturated carbocycles. The van der Waals surface area contributed by atoms with Crippen molar-refractivity contribution in [1.82, 2.24) is 4.98 Å². The lowest BCUT2D eigenvalue weighted by Crippen LogP contribution is -1.96. The Hall–Kier alpha value is -1.61. The maximum atomic E-state index is 4.51. The molecule has 16 heavy (non-hydrogen) atoms. The topological polar surface area (TPSA) is 25.2 Å². The Labute approximate surface area is 100 Å². The molecule has 1 aromatic carbocycles. The summed E-state index contributed by atoms with van der Waals surface area (Å²) in [6.07, 6.45) is 1.76. The van der Waals surface area contributed by atoms with Gasteiger partial charge in [-0.1, -0.05) is 18.2 Å². The van der Waals surface area contributed by atoms with E-state index < -0.39 is 0 Å². The smallest absolute Gasteiger partial charge is 0.0841 e. The minimum atomic E-state index is 0.869. The summed E-state index contributed by atoms with van der Waals surface area (Å²) in [5, 5.41) is 0. The molecule has 1 aromatic heterocycles. The molecule has 0 aliphatic rings. The molecule has 2 nitrogen and oxygen atoms in total. The monoisotopic (exact) mass is 228 g/mol. The van der Waals surface area contributed by atoms with Crippen LogP contribution < -0.4 is 0 Å². The number of hydrogen-bond donors (Lipinski definition) is 1. The third-order valence-corrected chi connectivity index (χ3v) is 2.58. The Kier molecular flexibility index (Phi) is 3.37. The van der Waals surface area contributed by atoms with Crippen LogP contribution >= 0.6 is 12.6 Å². The first-order valence-electron chi connectivity index (χ1n) is 5.02. The number of aromatic nitrogens is 1. The van der Waals surface area contributed by atoms with Crippen LogP contribution in [0.4, 0.5) is 5.69 Å². The van der Waals surface area contributed by atoms with Crippen molar-refractivity contribution in [2.24, 2.45) is 4.99 Å². The van der Waals surface area contributed by atoms with Gasteiger partial charge >= 0.3 is 0 Å². The van der Waals surface area contributed by atoms with E-state index in [2.05, 4.69) is 22.6 Å². The molecular formula is C13H12N2S. The number of benzene rings is 1. The summed E-state index contributed by atoms with van der Waals surface area (Å²) in [6.45, 7) is 1.95. The molecule has 0 spiro atoms. The number of hydrogen-bond acceptors (Lipinski definition) is 3. The predicted octanol–water partition coefficient (Wildman–Crippen LogP) is 3.51. The number of para-hydroxylation sites is 1. The van der Waals surface area contributed by atoms with Gasteiger partial charge in [-0.2, -0.15) is 0 Å². The van der Waals surface area contributed by atoms with Gasteiger partial charge in [-0.05, 0) is 31.2 Å². The van der Waals surface area contributed by atoms with Crippen molar-refractivity contribution in [1.29, 1.82) is 0 Å². The summed E-state index contributed by atoms with van der Waals surface area (Å²) in [7, 11) is 0. The molecule has 2 aromatic rings. The maximum absolute atomic E-state index is 4.51. The molecule has 80 valence electrons. The number of rotatable bonds is 2. The third kappa shape index (κ3) is 2.49. The van der Waals surface area contributed by atoms with E-state index in [0.29, 0.717) is 0 Å². The maximum Gasteiger partial charge on any atom is 0.0841 e. The lowest BCUT2D eigenvalue weighted by molar-refractivity contribution is 1.27. The van der Waals surface area contributed by atoms with Gasteiger partial charge in [-0.15, -0.1) is 12.6 Å². The van der Waals surface area contributed by atoms with Crippen LogP contribution in [0.5, 0.6) is 0 Å². The van der Waals surface area contributed by atoms with Crippen molar-refractivity contribution in [3.63, 3.8) is 0 Å². The first-order chi connectivity index (χ1) is 7.77. The third-order valence-electron chi connectivity index (χ3n) is 2.21. The molecule has 0 N–H and O–H groups in total. The van der Waals surface area contributed by atoms with Crippen LogP contribution in [-0.4, -0.2) is 10.7 Å². The highest BCUT2D eigenvalue weighted by Crippen LogP contribution is 2.22. The van der Waals surface area contributed by atoms with E-state index in [1.165, 1.54) is 0 Å². The number of nitrogens with zero attached hydrogens (tertiary/aromatic N) is 2. The molecule has 0 unspecified atom stereocenters. The van der Waals surface area contributed by atoms with E-state index in [1.54, 1.807) is 6.20 Å². The summed E-state index contributed by atoms with van der Waals surface area (Å²) < 4.78 is 0. The first-order valence-corrected chi connectivity index (χ1v) is 5.47. The Morgan fingerprint density at radius 2 is 1.88 bits per heavy atom. The fourth-order valence-electron chi connectivity index (χ4n) is 1.37. The van der Waals surface area contributed by atoms with Crippen LogP contribution in [0, 0.1) is 0 Å². The summed E-state index contributed by atoms with van der Waals surface area (Å²) in [6, 6.07) is 13.5. The molecule has 0 bridgehead atoms. The van der Waals surface area contributed by atoms with Gasteiger partial charge in [0.05, 0.1) is 17.1 Å². The molecule has 0 aliphatic carbocycles. The van der Waals surface area contributed by atoms with Crippen LogP contribution in [0.1, 0.15) is 12.6 Å². The van der Waals surface area contributed by atoms with E-state index in [-0.39, 0.29) is 0 Å². The highest BCUT2D eigenvalue weighted by Gasteiger charge is 1.99. The Balaban J connectivity index is 2.36. The minimum Gasteiger partial charge on any atom is -0.255 e. The lowest BCUT2D eigenvalue weighted by atomic mass is 10.2. The van der Waals surface area contributed by atoms with Gasteiger partial charge in [0.15, 0.2) is 0 Å². The Morgan fingerprint density at radius 3 is 2.56 bits per heavy atom. The number of pyridine rings is 1. The summed E-state index contributed by atoms with van der Waals surface area (Å²) in [4.78, 5) is 9.63. The largest absolute Gasteiger partial charge is 0.255 e. The molecule has 0 radical (unpaired) electrons. The number of aliphatic imine (C=N–C) groups is 1. The summed E-state index contributed by atoms with van der Waals surface area (Å²) >= 11 is 4.36. The van der Waals surface area contributed by atoms with Gasteiger partial charge in [0, 0.05) is 11.1 Å². The van der Waals surface area contributed by atoms with Gasteiger partial charge in [0.2, 0.25) is 0 Å². The molecule has 0 atom stereocenters. The lowest BCUT2D eigenvalue weighted by Gasteiger charge is -2.01. The summed E-state index contributed by atoms with van der Waals surface area (Å²) in [5.41, 5.74) is 2.65. The fourth-order valence-corrected chi connectivity index (χ4v) is 1.58. The SMILES string of the molecule is CC(=Nc1ccccc1S)c1ccccn1. The molecule has 3 heteroatoms. The predicted molar refractivity (Wildman–Crippen MR) is 69.8 cm³/mol. The van der Waals surface area contributed by atoms with Crippen LogP contribution in [-0.2, 0) is 0 Å². The fraction of sp³-hybridized carbons (Fsp3) is 0.0769. The average Bonchev–Trinajstić information content (AvgIpc) is 2.33. The van der Waals surface area contributed by atoms with E-state index in [0.717, 1.165) is 22.0 Å². The average molecular weight is 228 g/mol. The zero-order chi connectivity index (χ0) is 11.4. The quantitative estimate of drug-likeness (QED) is 0.617. The molecule has 0 amide bonds. The molecule has 0 saturated heterocycles. The zero-order valence-corrected chi connectivity index (χ0v) is 9.85. The van der Waals surface area contributed by atoms with Crippen molar-refractivity contribution in [2.45, 2.75) is 11.8 Å². The van der Waals surface area contributed by atoms with E-state index in [9.17, 15) is 0 Å². The van der Waals surface area contributed by atoms with Gasteiger partial charge in [-0.3, -0.25) is 9.98 Å². The van der Waals surface area contributed by atoms with Crippen LogP contribution in [0.15, 0.2) is 58.5 Å². The van der Waals surface area contributed by atoms with Gasteiger partial charge in [0.25, 0.3) is 0 Å².